The van der Waals surface area contributed by atoms with Gasteiger partial charge >= 0.3 is 0 Å². The number of ether oxygens (including phenoxy) is 1. The SMILES string of the molecule is COCc1ccccc1NC(N)=NCc1c(C)nn(Cc2ccccc2)c1C. The van der Waals surface area contributed by atoms with Gasteiger partial charge in [0.15, 0.2) is 5.96 Å². The number of nitrogens with zero attached hydrogens (tertiary/aromatic N) is 3. The zero-order valence-corrected chi connectivity index (χ0v) is 16.6. The molecule has 3 rings (SSSR count). The number of nitrogens with one attached hydrogen (secondary N) is 1. The van der Waals surface area contributed by atoms with Gasteiger partial charge in [0.2, 0.25) is 0 Å². The Kier molecular flexibility index (Phi) is 6.45. The summed E-state index contributed by atoms with van der Waals surface area (Å²) < 4.78 is 7.25. The van der Waals surface area contributed by atoms with Crippen LogP contribution in [0, 0.1) is 13.8 Å². The van der Waals surface area contributed by atoms with E-state index >= 15 is 0 Å². The first kappa shape index (κ1) is 19.6. The summed E-state index contributed by atoms with van der Waals surface area (Å²) in [6, 6.07) is 18.2. The molecular formula is C22H27N5O. The highest BCUT2D eigenvalue weighted by molar-refractivity contribution is 5.92. The van der Waals surface area contributed by atoms with Gasteiger partial charge in [0, 0.05) is 29.6 Å². The molecule has 1 heterocycles. The van der Waals surface area contributed by atoms with Crippen molar-refractivity contribution in [2.24, 2.45) is 10.7 Å². The van der Waals surface area contributed by atoms with E-state index in [-0.39, 0.29) is 0 Å². The lowest BCUT2D eigenvalue weighted by Crippen LogP contribution is -2.23. The van der Waals surface area contributed by atoms with Crippen molar-refractivity contribution in [3.8, 4) is 0 Å². The van der Waals surface area contributed by atoms with Gasteiger partial charge in [-0.1, -0.05) is 48.5 Å². The molecule has 0 saturated carbocycles. The third kappa shape index (κ3) is 4.78. The van der Waals surface area contributed by atoms with E-state index in [0.717, 1.165) is 34.7 Å². The molecule has 6 nitrogen and oxygen atoms in total. The Morgan fingerprint density at radius 2 is 1.82 bits per heavy atom. The normalized spacial score (nSPS) is 11.6. The van der Waals surface area contributed by atoms with Crippen molar-refractivity contribution in [3.05, 3.63) is 82.7 Å². The molecular weight excluding hydrogens is 350 g/mol. The minimum Gasteiger partial charge on any atom is -0.380 e. The van der Waals surface area contributed by atoms with Crippen molar-refractivity contribution in [1.29, 1.82) is 0 Å². The van der Waals surface area contributed by atoms with Gasteiger partial charge in [-0.3, -0.25) is 4.68 Å². The van der Waals surface area contributed by atoms with Crippen molar-refractivity contribution in [2.45, 2.75) is 33.5 Å². The second-order valence-corrected chi connectivity index (χ2v) is 6.71. The summed E-state index contributed by atoms with van der Waals surface area (Å²) in [5, 5.41) is 7.85. The molecule has 6 heteroatoms. The Morgan fingerprint density at radius 3 is 2.57 bits per heavy atom. The van der Waals surface area contributed by atoms with Gasteiger partial charge in [-0.05, 0) is 25.5 Å². The van der Waals surface area contributed by atoms with Crippen LogP contribution in [0.4, 0.5) is 5.69 Å². The molecule has 0 aliphatic rings. The highest BCUT2D eigenvalue weighted by atomic mass is 16.5. The Hall–Kier alpha value is -3.12. The molecule has 28 heavy (non-hydrogen) atoms. The van der Waals surface area contributed by atoms with E-state index in [1.165, 1.54) is 5.56 Å². The fourth-order valence-corrected chi connectivity index (χ4v) is 3.14. The monoisotopic (exact) mass is 377 g/mol. The van der Waals surface area contributed by atoms with Gasteiger partial charge in [0.25, 0.3) is 0 Å². The Balaban J connectivity index is 1.71. The number of para-hydroxylation sites is 1. The summed E-state index contributed by atoms with van der Waals surface area (Å²) in [7, 11) is 1.67. The van der Waals surface area contributed by atoms with Gasteiger partial charge in [-0.15, -0.1) is 0 Å². The molecule has 0 bridgehead atoms. The van der Waals surface area contributed by atoms with Crippen LogP contribution in [0.2, 0.25) is 0 Å². The van der Waals surface area contributed by atoms with Crippen LogP contribution in [0.3, 0.4) is 0 Å². The van der Waals surface area contributed by atoms with Gasteiger partial charge < -0.3 is 15.8 Å². The maximum absolute atomic E-state index is 6.12. The van der Waals surface area contributed by atoms with Gasteiger partial charge in [0.1, 0.15) is 0 Å². The molecule has 1 aromatic heterocycles. The van der Waals surface area contributed by atoms with Crippen molar-refractivity contribution in [3.63, 3.8) is 0 Å². The quantitative estimate of drug-likeness (QED) is 0.487. The molecule has 3 aromatic rings. The zero-order valence-electron chi connectivity index (χ0n) is 16.6. The Bertz CT molecular complexity index is 947. The first-order chi connectivity index (χ1) is 13.6. The number of anilines is 1. The fraction of sp³-hybridized carbons (Fsp3) is 0.273. The topological polar surface area (TPSA) is 77.5 Å². The lowest BCUT2D eigenvalue weighted by Gasteiger charge is -2.11. The average Bonchev–Trinajstić information content (AvgIpc) is 2.95. The second-order valence-electron chi connectivity index (χ2n) is 6.71. The highest BCUT2D eigenvalue weighted by Gasteiger charge is 2.12. The van der Waals surface area contributed by atoms with E-state index in [4.69, 9.17) is 10.5 Å². The molecule has 0 aliphatic carbocycles. The number of nitrogens with two attached hydrogens (primary N) is 1. The molecule has 3 N–H and O–H groups in total. The number of hydrogen-bond donors (Lipinski definition) is 2. The van der Waals surface area contributed by atoms with Crippen LogP contribution >= 0.6 is 0 Å². The van der Waals surface area contributed by atoms with Crippen molar-refractivity contribution in [1.82, 2.24) is 9.78 Å². The van der Waals surface area contributed by atoms with Crippen molar-refractivity contribution < 1.29 is 4.74 Å². The molecule has 0 amide bonds. The van der Waals surface area contributed by atoms with Gasteiger partial charge in [-0.2, -0.15) is 5.10 Å². The van der Waals surface area contributed by atoms with Crippen molar-refractivity contribution in [2.75, 3.05) is 12.4 Å². The van der Waals surface area contributed by atoms with Crippen LogP contribution in [0.5, 0.6) is 0 Å². The number of aliphatic imine (C=N–C) groups is 1. The molecule has 2 aromatic carbocycles. The fourth-order valence-electron chi connectivity index (χ4n) is 3.14. The van der Waals surface area contributed by atoms with Crippen molar-refractivity contribution >= 4 is 11.6 Å². The number of aromatic nitrogens is 2. The molecule has 146 valence electrons. The largest absolute Gasteiger partial charge is 0.380 e. The van der Waals surface area contributed by atoms with Gasteiger partial charge in [-0.25, -0.2) is 4.99 Å². The first-order valence-corrected chi connectivity index (χ1v) is 9.29. The summed E-state index contributed by atoms with van der Waals surface area (Å²) in [5.41, 5.74) is 12.5. The molecule has 0 saturated heterocycles. The third-order valence-electron chi connectivity index (χ3n) is 4.69. The predicted octanol–water partition coefficient (Wildman–Crippen LogP) is 3.62. The zero-order chi connectivity index (χ0) is 19.9. The van der Waals surface area contributed by atoms with E-state index in [1.54, 1.807) is 7.11 Å². The molecule has 0 radical (unpaired) electrons. The Morgan fingerprint density at radius 1 is 1.11 bits per heavy atom. The molecule has 0 aliphatic heterocycles. The van der Waals surface area contributed by atoms with Crippen LogP contribution in [0.25, 0.3) is 0 Å². The number of rotatable bonds is 7. The molecule has 0 unspecified atom stereocenters. The molecule has 0 atom stereocenters. The summed E-state index contributed by atoms with van der Waals surface area (Å²) in [6.07, 6.45) is 0. The van der Waals surface area contributed by atoms with E-state index in [0.29, 0.717) is 19.1 Å². The minimum atomic E-state index is 0.373. The second kappa shape index (κ2) is 9.19. The van der Waals surface area contributed by atoms with E-state index < -0.39 is 0 Å². The summed E-state index contributed by atoms with van der Waals surface area (Å²) in [5.74, 6) is 0.373. The van der Waals surface area contributed by atoms with E-state index in [9.17, 15) is 0 Å². The van der Waals surface area contributed by atoms with Crippen LogP contribution in [-0.2, 0) is 24.4 Å². The number of hydrogen-bond acceptors (Lipinski definition) is 3. The lowest BCUT2D eigenvalue weighted by atomic mass is 10.2. The number of benzene rings is 2. The smallest absolute Gasteiger partial charge is 0.193 e. The van der Waals surface area contributed by atoms with E-state index in [1.807, 2.05) is 54.1 Å². The van der Waals surface area contributed by atoms with E-state index in [2.05, 4.69) is 34.5 Å². The number of aryl methyl sites for hydroxylation is 1. The van der Waals surface area contributed by atoms with Crippen LogP contribution in [0.15, 0.2) is 59.6 Å². The Labute approximate surface area is 166 Å². The molecule has 0 fully saturated rings. The maximum Gasteiger partial charge on any atom is 0.193 e. The maximum atomic E-state index is 6.12. The third-order valence-corrected chi connectivity index (χ3v) is 4.69. The lowest BCUT2D eigenvalue weighted by molar-refractivity contribution is 0.185. The predicted molar refractivity (Wildman–Crippen MR) is 113 cm³/mol. The van der Waals surface area contributed by atoms with Gasteiger partial charge in [0.05, 0.1) is 25.4 Å². The summed E-state index contributed by atoms with van der Waals surface area (Å²) in [4.78, 5) is 4.52. The average molecular weight is 377 g/mol. The van der Waals surface area contributed by atoms with Crippen LogP contribution in [0.1, 0.15) is 28.1 Å². The standard InChI is InChI=1S/C22H27N5O/c1-16-20(17(2)27(26-16)14-18-9-5-4-6-10-18)13-24-22(23)25-21-12-8-7-11-19(21)15-28-3/h4-12H,13-15H2,1-3H3,(H3,23,24,25). The van der Waals surface area contributed by atoms with Crippen LogP contribution < -0.4 is 11.1 Å². The highest BCUT2D eigenvalue weighted by Crippen LogP contribution is 2.17. The minimum absolute atomic E-state index is 0.373. The van der Waals surface area contributed by atoms with Crippen LogP contribution in [-0.4, -0.2) is 22.8 Å². The number of guanidine groups is 1. The summed E-state index contributed by atoms with van der Waals surface area (Å²) >= 11 is 0. The first-order valence-electron chi connectivity index (χ1n) is 9.29. The molecule has 0 spiro atoms. The summed E-state index contributed by atoms with van der Waals surface area (Å²) in [6.45, 7) is 5.83. The number of methoxy groups -OCH3 is 1.